The van der Waals surface area contributed by atoms with Gasteiger partial charge < -0.3 is 9.30 Å². The van der Waals surface area contributed by atoms with Gasteiger partial charge in [-0.2, -0.15) is 0 Å². The summed E-state index contributed by atoms with van der Waals surface area (Å²) in [7, 11) is 0. The largest absolute Gasteiger partial charge is 0.488 e. The molecule has 0 saturated carbocycles. The van der Waals surface area contributed by atoms with Crippen LogP contribution >= 0.6 is 11.6 Å². The molecule has 0 spiro atoms. The van der Waals surface area contributed by atoms with Crippen molar-refractivity contribution in [3.8, 4) is 5.75 Å². The predicted molar refractivity (Wildman–Crippen MR) is 71.1 cm³/mol. The molecule has 1 aromatic heterocycles. The van der Waals surface area contributed by atoms with Crippen LogP contribution in [0.4, 0.5) is 0 Å². The zero-order valence-electron chi connectivity index (χ0n) is 10.3. The average Bonchev–Trinajstić information content (AvgIpc) is 2.95. The Hall–Kier alpha value is -1.48. The van der Waals surface area contributed by atoms with E-state index in [1.54, 1.807) is 0 Å². The number of alkyl halides is 1. The third kappa shape index (κ3) is 2.23. The second-order valence-electron chi connectivity index (χ2n) is 4.75. The maximum Gasteiger partial charge on any atom is 0.123 e. The molecule has 1 aliphatic heterocycles. The van der Waals surface area contributed by atoms with E-state index < -0.39 is 0 Å². The van der Waals surface area contributed by atoms with Crippen LogP contribution in [0.2, 0.25) is 0 Å². The van der Waals surface area contributed by atoms with Crippen LogP contribution in [-0.2, 0) is 18.8 Å². The van der Waals surface area contributed by atoms with Crippen molar-refractivity contribution in [2.24, 2.45) is 0 Å². The summed E-state index contributed by atoms with van der Waals surface area (Å²) in [5.74, 6) is 1.47. The summed E-state index contributed by atoms with van der Waals surface area (Å²) < 4.78 is 7.97. The van der Waals surface area contributed by atoms with Gasteiger partial charge in [-0.05, 0) is 18.6 Å². The van der Waals surface area contributed by atoms with Gasteiger partial charge in [0.2, 0.25) is 0 Å². The molecule has 94 valence electrons. The summed E-state index contributed by atoms with van der Waals surface area (Å²) in [4.78, 5) is 4.22. The van der Waals surface area contributed by atoms with Crippen molar-refractivity contribution >= 4 is 11.6 Å². The number of benzene rings is 1. The first-order valence-electron chi connectivity index (χ1n) is 6.07. The quantitative estimate of drug-likeness (QED) is 0.796. The van der Waals surface area contributed by atoms with Crippen LogP contribution < -0.4 is 4.74 Å². The van der Waals surface area contributed by atoms with Gasteiger partial charge in [0.05, 0.1) is 24.4 Å². The van der Waals surface area contributed by atoms with E-state index in [0.29, 0.717) is 5.88 Å². The van der Waals surface area contributed by atoms with Crippen molar-refractivity contribution in [3.05, 3.63) is 47.5 Å². The summed E-state index contributed by atoms with van der Waals surface area (Å²) >= 11 is 5.74. The fraction of sp³-hybridized carbons (Fsp3) is 0.357. The molecule has 2 aromatic rings. The summed E-state index contributed by atoms with van der Waals surface area (Å²) in [6.07, 6.45) is 4.95. The highest BCUT2D eigenvalue weighted by Gasteiger charge is 2.23. The Kier molecular flexibility index (Phi) is 3.00. The lowest BCUT2D eigenvalue weighted by Gasteiger charge is -2.10. The van der Waals surface area contributed by atoms with Crippen molar-refractivity contribution in [3.63, 3.8) is 0 Å². The number of halogens is 1. The first-order valence-corrected chi connectivity index (χ1v) is 6.61. The van der Waals surface area contributed by atoms with Crippen molar-refractivity contribution in [2.75, 3.05) is 0 Å². The highest BCUT2D eigenvalue weighted by Crippen LogP contribution is 2.30. The number of nitrogens with zero attached hydrogens (tertiary/aromatic N) is 2. The third-order valence-corrected chi connectivity index (χ3v) is 3.47. The molecule has 3 nitrogen and oxygen atoms in total. The molecule has 4 heteroatoms. The zero-order chi connectivity index (χ0) is 12.5. The molecular weight excluding hydrogens is 248 g/mol. The lowest BCUT2D eigenvalue weighted by Crippen LogP contribution is -2.19. The van der Waals surface area contributed by atoms with Crippen LogP contribution in [0.3, 0.4) is 0 Å². The number of ether oxygens (including phenoxy) is 1. The van der Waals surface area contributed by atoms with Gasteiger partial charge >= 0.3 is 0 Å². The number of aryl methyl sites for hydroxylation is 1. The van der Waals surface area contributed by atoms with Gasteiger partial charge in [-0.3, -0.25) is 0 Å². The molecule has 1 unspecified atom stereocenters. The third-order valence-electron chi connectivity index (χ3n) is 3.20. The number of fused-ring (bicyclic) bond motifs is 1. The van der Waals surface area contributed by atoms with Gasteiger partial charge in [-0.15, -0.1) is 11.6 Å². The molecule has 1 aliphatic rings. The van der Waals surface area contributed by atoms with Crippen molar-refractivity contribution in [1.29, 1.82) is 0 Å². The van der Waals surface area contributed by atoms with Gasteiger partial charge in [0.1, 0.15) is 11.9 Å². The van der Waals surface area contributed by atoms with Gasteiger partial charge in [0, 0.05) is 12.6 Å². The molecule has 0 aliphatic carbocycles. The summed E-state index contributed by atoms with van der Waals surface area (Å²) in [6, 6.07) is 6.35. The van der Waals surface area contributed by atoms with Crippen LogP contribution in [0.1, 0.15) is 16.8 Å². The fourth-order valence-electron chi connectivity index (χ4n) is 2.36. The second-order valence-corrected chi connectivity index (χ2v) is 5.02. The van der Waals surface area contributed by atoms with Gasteiger partial charge in [-0.25, -0.2) is 4.98 Å². The summed E-state index contributed by atoms with van der Waals surface area (Å²) in [5, 5.41) is 0. The lowest BCUT2D eigenvalue weighted by atomic mass is 10.1. The molecule has 0 N–H and O–H groups in total. The molecule has 3 rings (SSSR count). The maximum atomic E-state index is 5.93. The normalized spacial score (nSPS) is 17.6. The van der Waals surface area contributed by atoms with E-state index in [1.165, 1.54) is 11.1 Å². The van der Waals surface area contributed by atoms with Gasteiger partial charge in [0.25, 0.3) is 0 Å². The monoisotopic (exact) mass is 262 g/mol. The minimum Gasteiger partial charge on any atom is -0.488 e. The van der Waals surface area contributed by atoms with Crippen LogP contribution in [-0.4, -0.2) is 15.7 Å². The van der Waals surface area contributed by atoms with Crippen LogP contribution in [0.5, 0.6) is 5.75 Å². The SMILES string of the molecule is Cc1ccc2c(c1)CC(Cn1cnc(CCl)c1)O2. The second kappa shape index (κ2) is 4.65. The molecule has 0 amide bonds. The number of imidazole rings is 1. The topological polar surface area (TPSA) is 27.1 Å². The Balaban J connectivity index is 1.70. The standard InChI is InChI=1S/C14H15ClN2O/c1-10-2-3-14-11(4-10)5-13(18-14)8-17-7-12(6-15)16-9-17/h2-4,7,9,13H,5-6,8H2,1H3. The Morgan fingerprint density at radius 1 is 1.50 bits per heavy atom. The van der Waals surface area contributed by atoms with Crippen molar-refractivity contribution in [2.45, 2.75) is 31.9 Å². The lowest BCUT2D eigenvalue weighted by molar-refractivity contribution is 0.209. The molecule has 1 aromatic carbocycles. The maximum absolute atomic E-state index is 5.93. The number of hydrogen-bond donors (Lipinski definition) is 0. The fourth-order valence-corrected chi connectivity index (χ4v) is 2.50. The van der Waals surface area contributed by atoms with Crippen LogP contribution in [0, 0.1) is 6.92 Å². The van der Waals surface area contributed by atoms with E-state index >= 15 is 0 Å². The van der Waals surface area contributed by atoms with E-state index in [9.17, 15) is 0 Å². The zero-order valence-corrected chi connectivity index (χ0v) is 11.0. The smallest absolute Gasteiger partial charge is 0.123 e. The molecule has 1 atom stereocenters. The van der Waals surface area contributed by atoms with Gasteiger partial charge in [-0.1, -0.05) is 17.7 Å². The first kappa shape index (κ1) is 11.6. The number of aromatic nitrogens is 2. The molecule has 18 heavy (non-hydrogen) atoms. The minimum atomic E-state index is 0.194. The Bertz CT molecular complexity index is 565. The summed E-state index contributed by atoms with van der Waals surface area (Å²) in [5.41, 5.74) is 3.49. The molecular formula is C14H15ClN2O. The van der Waals surface area contributed by atoms with E-state index in [2.05, 4.69) is 30.1 Å². The minimum absolute atomic E-state index is 0.194. The molecule has 0 fully saturated rings. The van der Waals surface area contributed by atoms with Crippen molar-refractivity contribution < 1.29 is 4.74 Å². The number of hydrogen-bond acceptors (Lipinski definition) is 2. The Labute approximate surface area is 111 Å². The highest BCUT2D eigenvalue weighted by molar-refractivity contribution is 6.16. The van der Waals surface area contributed by atoms with E-state index in [1.807, 2.05) is 17.1 Å². The molecule has 0 radical (unpaired) electrons. The first-order chi connectivity index (χ1) is 8.74. The predicted octanol–water partition coefficient (Wildman–Crippen LogP) is 2.93. The van der Waals surface area contributed by atoms with Crippen LogP contribution in [0.25, 0.3) is 0 Å². The molecule has 2 heterocycles. The van der Waals surface area contributed by atoms with E-state index in [4.69, 9.17) is 16.3 Å². The average molecular weight is 263 g/mol. The molecule has 0 saturated heterocycles. The number of rotatable bonds is 3. The van der Waals surface area contributed by atoms with Gasteiger partial charge in [0.15, 0.2) is 0 Å². The van der Waals surface area contributed by atoms with Crippen LogP contribution in [0.15, 0.2) is 30.7 Å². The Morgan fingerprint density at radius 3 is 3.17 bits per heavy atom. The summed E-state index contributed by atoms with van der Waals surface area (Å²) in [6.45, 7) is 2.92. The van der Waals surface area contributed by atoms with E-state index in [-0.39, 0.29) is 6.10 Å². The Morgan fingerprint density at radius 2 is 2.39 bits per heavy atom. The highest BCUT2D eigenvalue weighted by atomic mass is 35.5. The van der Waals surface area contributed by atoms with Crippen molar-refractivity contribution in [1.82, 2.24) is 9.55 Å². The van der Waals surface area contributed by atoms with E-state index in [0.717, 1.165) is 24.4 Å². The molecule has 0 bridgehead atoms.